The second kappa shape index (κ2) is 14.2. The highest BCUT2D eigenvalue weighted by atomic mass is 32.2. The maximum absolute atomic E-state index is 12.2. The van der Waals surface area contributed by atoms with Gasteiger partial charge < -0.3 is 13.9 Å². The zero-order chi connectivity index (χ0) is 33.0. The van der Waals surface area contributed by atoms with E-state index in [9.17, 15) is 4.21 Å². The monoisotopic (exact) mass is 652 g/mol. The van der Waals surface area contributed by atoms with E-state index in [4.69, 9.17) is 34.1 Å². The van der Waals surface area contributed by atoms with Gasteiger partial charge in [-0.1, -0.05) is 33.8 Å². The third kappa shape index (κ3) is 8.22. The first-order valence-electron chi connectivity index (χ1n) is 15.4. The molecular weight excluding hydrogens is 605 g/mol. The molecule has 12 heteroatoms. The van der Waals surface area contributed by atoms with Gasteiger partial charge in [-0.05, 0) is 69.1 Å². The van der Waals surface area contributed by atoms with Crippen LogP contribution in [0.15, 0.2) is 48.9 Å². The highest BCUT2D eigenvalue weighted by Gasteiger charge is 2.37. The van der Waals surface area contributed by atoms with Gasteiger partial charge in [0.15, 0.2) is 14.1 Å². The molecule has 4 rings (SSSR count). The van der Waals surface area contributed by atoms with Crippen molar-refractivity contribution in [1.29, 1.82) is 0 Å². The van der Waals surface area contributed by atoms with Crippen molar-refractivity contribution < 1.29 is 18.1 Å². The van der Waals surface area contributed by atoms with Crippen LogP contribution in [0, 0.1) is 0 Å². The highest BCUT2D eigenvalue weighted by Crippen LogP contribution is 2.38. The zero-order valence-electron chi connectivity index (χ0n) is 28.1. The Morgan fingerprint density at radius 2 is 1.80 bits per heavy atom. The van der Waals surface area contributed by atoms with Crippen molar-refractivity contribution in [3.8, 4) is 22.8 Å². The van der Waals surface area contributed by atoms with E-state index in [1.807, 2.05) is 38.1 Å². The molecule has 0 aliphatic carbocycles. The molecule has 2 N–H and O–H groups in total. The molecule has 3 heterocycles. The molecule has 2 atom stereocenters. The molecule has 0 aliphatic rings. The molecule has 0 saturated heterocycles. The maximum atomic E-state index is 12.2. The molecule has 244 valence electrons. The lowest BCUT2D eigenvalue weighted by Crippen LogP contribution is -2.40. The van der Waals surface area contributed by atoms with E-state index in [1.54, 1.807) is 30.4 Å². The molecule has 0 amide bonds. The van der Waals surface area contributed by atoms with Gasteiger partial charge in [-0.3, -0.25) is 15.1 Å². The van der Waals surface area contributed by atoms with Crippen molar-refractivity contribution in [2.24, 2.45) is 5.14 Å². The largest absolute Gasteiger partial charge is 0.490 e. The first kappa shape index (κ1) is 34.8. The van der Waals surface area contributed by atoms with Gasteiger partial charge in [0, 0.05) is 24.3 Å². The SMILES string of the molecule is CC[C@@H](CC(C)(C)S(N)=O)c1cccc(-c2cc(OCCOC)c3cnn(-c4cncc(CO[Si](C)(C)C(C)(C)C)n4)c3c2)n1. The third-order valence-electron chi connectivity index (χ3n) is 8.73. The van der Waals surface area contributed by atoms with Crippen molar-refractivity contribution >= 4 is 30.2 Å². The fraction of sp³-hybridized carbons (Fsp3) is 0.515. The number of ether oxygens (including phenoxy) is 2. The van der Waals surface area contributed by atoms with E-state index in [1.165, 1.54) is 0 Å². The Morgan fingerprint density at radius 3 is 2.47 bits per heavy atom. The summed E-state index contributed by atoms with van der Waals surface area (Å²) in [4.78, 5) is 14.4. The summed E-state index contributed by atoms with van der Waals surface area (Å²) < 4.78 is 31.3. The Kier molecular flexibility index (Phi) is 11.0. The second-order valence-corrected chi connectivity index (χ2v) is 20.0. The Balaban J connectivity index is 1.75. The topological polar surface area (TPSA) is 127 Å². The number of nitrogens with zero attached hydrogens (tertiary/aromatic N) is 5. The summed E-state index contributed by atoms with van der Waals surface area (Å²) in [5.41, 5.74) is 4.17. The summed E-state index contributed by atoms with van der Waals surface area (Å²) in [6.07, 6.45) is 6.74. The Bertz CT molecular complexity index is 1640. The lowest BCUT2D eigenvalue weighted by Gasteiger charge is -2.36. The highest BCUT2D eigenvalue weighted by molar-refractivity contribution is 7.84. The summed E-state index contributed by atoms with van der Waals surface area (Å²) >= 11 is 0. The molecule has 0 fully saturated rings. The van der Waals surface area contributed by atoms with Gasteiger partial charge in [0.25, 0.3) is 0 Å². The smallest absolute Gasteiger partial charge is 0.192 e. The van der Waals surface area contributed by atoms with E-state index in [0.717, 1.165) is 40.0 Å². The number of pyridine rings is 1. The maximum Gasteiger partial charge on any atom is 0.192 e. The fourth-order valence-electron chi connectivity index (χ4n) is 4.79. The molecule has 3 aromatic heterocycles. The number of hydrogen-bond donors (Lipinski definition) is 1. The van der Waals surface area contributed by atoms with E-state index < -0.39 is 24.1 Å². The summed E-state index contributed by atoms with van der Waals surface area (Å²) in [6, 6.07) is 10.1. The number of methoxy groups -OCH3 is 1. The van der Waals surface area contributed by atoms with Gasteiger partial charge in [0.2, 0.25) is 0 Å². The fourth-order valence-corrected chi connectivity index (χ4v) is 6.10. The molecule has 4 aromatic rings. The number of fused-ring (bicyclic) bond motifs is 1. The molecule has 0 spiro atoms. The minimum atomic E-state index is -1.96. The number of nitrogens with two attached hydrogens (primary N) is 1. The molecule has 0 aliphatic heterocycles. The van der Waals surface area contributed by atoms with Crippen LogP contribution in [0.5, 0.6) is 5.75 Å². The second-order valence-electron chi connectivity index (χ2n) is 13.5. The molecule has 1 aromatic carbocycles. The van der Waals surface area contributed by atoms with E-state index in [-0.39, 0.29) is 11.0 Å². The van der Waals surface area contributed by atoms with Crippen molar-refractivity contribution in [1.82, 2.24) is 24.7 Å². The number of rotatable bonds is 14. The minimum Gasteiger partial charge on any atom is -0.490 e. The standard InChI is InChI=1S/C33H48N6O4SSi/c1-10-23(18-33(5,6)44(34)40)27-12-11-13-28(38-27)24-16-29-26(30(17-24)42-15-14-41-7)20-36-39(29)31-21-35-19-25(37-31)22-43-45(8,9)32(2,3)4/h11-13,16-17,19-21,23H,10,14-15,18,22,34H2,1-9H3/t23-,44?/m0/s1. The molecule has 10 nitrogen and oxygen atoms in total. The van der Waals surface area contributed by atoms with Gasteiger partial charge in [-0.15, -0.1) is 0 Å². The average Bonchev–Trinajstić information content (AvgIpc) is 3.43. The van der Waals surface area contributed by atoms with Gasteiger partial charge in [-0.2, -0.15) is 5.10 Å². The van der Waals surface area contributed by atoms with Crippen molar-refractivity contribution in [2.75, 3.05) is 20.3 Å². The zero-order valence-corrected chi connectivity index (χ0v) is 29.9. The Morgan fingerprint density at radius 1 is 1.04 bits per heavy atom. The summed E-state index contributed by atoms with van der Waals surface area (Å²) in [5.74, 6) is 1.37. The van der Waals surface area contributed by atoms with Gasteiger partial charge in [0.1, 0.15) is 12.4 Å². The van der Waals surface area contributed by atoms with E-state index >= 15 is 0 Å². The first-order chi connectivity index (χ1) is 21.2. The predicted octanol–water partition coefficient (Wildman–Crippen LogP) is 6.71. The Hall–Kier alpha value is -3.03. The lowest BCUT2D eigenvalue weighted by atomic mass is 9.90. The van der Waals surface area contributed by atoms with Crippen LogP contribution in [0.3, 0.4) is 0 Å². The van der Waals surface area contributed by atoms with Crippen molar-refractivity contribution in [2.45, 2.75) is 89.8 Å². The van der Waals surface area contributed by atoms with Crippen LogP contribution < -0.4 is 9.88 Å². The van der Waals surface area contributed by atoms with Crippen LogP contribution in [0.1, 0.15) is 71.7 Å². The minimum absolute atomic E-state index is 0.0910. The van der Waals surface area contributed by atoms with Crippen LogP contribution in [-0.2, 0) is 26.8 Å². The van der Waals surface area contributed by atoms with Gasteiger partial charge >= 0.3 is 0 Å². The molecule has 0 bridgehead atoms. The van der Waals surface area contributed by atoms with Crippen molar-refractivity contribution in [3.05, 3.63) is 60.3 Å². The molecule has 0 radical (unpaired) electrons. The van der Waals surface area contributed by atoms with Gasteiger partial charge in [-0.25, -0.2) is 13.9 Å². The van der Waals surface area contributed by atoms with Crippen LogP contribution in [-0.4, -0.2) is 62.3 Å². The van der Waals surface area contributed by atoms with E-state index in [2.05, 4.69) is 51.8 Å². The number of aromatic nitrogens is 5. The number of hydrogen-bond acceptors (Lipinski definition) is 8. The van der Waals surface area contributed by atoms with Gasteiger partial charge in [0.05, 0.1) is 69.8 Å². The normalized spacial score (nSPS) is 14.1. The quantitative estimate of drug-likeness (QED) is 0.118. The predicted molar refractivity (Wildman–Crippen MR) is 183 cm³/mol. The molecule has 45 heavy (non-hydrogen) atoms. The molecule has 0 saturated carbocycles. The first-order valence-corrected chi connectivity index (χ1v) is 19.5. The summed E-state index contributed by atoms with van der Waals surface area (Å²) in [5, 5.41) is 11.4. The van der Waals surface area contributed by atoms with Crippen LogP contribution in [0.4, 0.5) is 0 Å². The summed E-state index contributed by atoms with van der Waals surface area (Å²) in [6.45, 7) is 18.3. The van der Waals surface area contributed by atoms with Crippen LogP contribution in [0.25, 0.3) is 28.0 Å². The van der Waals surface area contributed by atoms with Crippen LogP contribution in [0.2, 0.25) is 18.1 Å². The average molecular weight is 653 g/mol. The van der Waals surface area contributed by atoms with Crippen molar-refractivity contribution in [3.63, 3.8) is 0 Å². The Labute approximate surface area is 270 Å². The lowest BCUT2D eigenvalue weighted by molar-refractivity contribution is 0.147. The molecule has 1 unspecified atom stereocenters. The summed E-state index contributed by atoms with van der Waals surface area (Å²) in [7, 11) is -1.76. The van der Waals surface area contributed by atoms with Crippen LogP contribution >= 0.6 is 0 Å². The number of benzene rings is 1. The third-order valence-corrected chi connectivity index (χ3v) is 14.5. The molecular formula is C33H48N6O4SSi. The van der Waals surface area contributed by atoms with E-state index in [0.29, 0.717) is 37.8 Å².